The smallest absolute Gasteiger partial charge is 0.207 e. The highest BCUT2D eigenvalue weighted by Gasteiger charge is 2.32. The molecule has 0 amide bonds. The van der Waals surface area contributed by atoms with Crippen LogP contribution in [0.4, 0.5) is 0 Å². The first-order valence-corrected chi connectivity index (χ1v) is 8.96. The van der Waals surface area contributed by atoms with Crippen LogP contribution in [0.15, 0.2) is 27.6 Å². The molecule has 2 atom stereocenters. The topological polar surface area (TPSA) is 37.4 Å². The van der Waals surface area contributed by atoms with Gasteiger partial charge in [0.05, 0.1) is 9.92 Å². The Hall–Kier alpha value is 0.190. The first kappa shape index (κ1) is 15.6. The van der Waals surface area contributed by atoms with Crippen molar-refractivity contribution in [2.45, 2.75) is 23.6 Å². The molecule has 0 aromatic heterocycles. The predicted molar refractivity (Wildman–Crippen MR) is 81.3 cm³/mol. The molecule has 0 bridgehead atoms. The van der Waals surface area contributed by atoms with Gasteiger partial charge < -0.3 is 0 Å². The highest BCUT2D eigenvalue weighted by molar-refractivity contribution is 9.10. The van der Waals surface area contributed by atoms with E-state index in [0.29, 0.717) is 29.0 Å². The van der Waals surface area contributed by atoms with Crippen LogP contribution in [0.3, 0.4) is 0 Å². The number of rotatable bonds is 2. The molecule has 19 heavy (non-hydrogen) atoms. The lowest BCUT2D eigenvalue weighted by Gasteiger charge is -2.33. The van der Waals surface area contributed by atoms with Crippen molar-refractivity contribution in [2.75, 3.05) is 13.1 Å². The predicted octanol–water partition coefficient (Wildman–Crippen LogP) is 3.74. The number of benzene rings is 1. The minimum atomic E-state index is -3.47. The lowest BCUT2D eigenvalue weighted by molar-refractivity contribution is 0.286. The number of sulfonamides is 1. The van der Waals surface area contributed by atoms with Gasteiger partial charge in [-0.05, 0) is 46.5 Å². The van der Waals surface area contributed by atoms with E-state index in [1.54, 1.807) is 6.07 Å². The zero-order valence-electron chi connectivity index (χ0n) is 10.3. The summed E-state index contributed by atoms with van der Waals surface area (Å²) in [6, 6.07) is 4.64. The van der Waals surface area contributed by atoms with Gasteiger partial charge in [0.25, 0.3) is 0 Å². The number of hydrogen-bond donors (Lipinski definition) is 0. The number of halogens is 3. The molecule has 0 saturated carbocycles. The van der Waals surface area contributed by atoms with Gasteiger partial charge >= 0.3 is 0 Å². The summed E-state index contributed by atoms with van der Waals surface area (Å²) in [5, 5.41) is 0.537. The van der Waals surface area contributed by atoms with Crippen LogP contribution in [0.25, 0.3) is 0 Å². The van der Waals surface area contributed by atoms with Gasteiger partial charge in [-0.15, -0.1) is 11.6 Å². The van der Waals surface area contributed by atoms with Crippen LogP contribution in [0.5, 0.6) is 0 Å². The van der Waals surface area contributed by atoms with Crippen molar-refractivity contribution in [3.63, 3.8) is 0 Å². The Kier molecular flexibility index (Phi) is 4.83. The zero-order chi connectivity index (χ0) is 14.2. The average molecular weight is 387 g/mol. The number of piperidine rings is 1. The van der Waals surface area contributed by atoms with Crippen LogP contribution in [0, 0.1) is 5.92 Å². The molecule has 0 spiro atoms. The molecule has 106 valence electrons. The van der Waals surface area contributed by atoms with Gasteiger partial charge in [0, 0.05) is 22.9 Å². The van der Waals surface area contributed by atoms with Crippen LogP contribution in [-0.2, 0) is 10.0 Å². The van der Waals surface area contributed by atoms with Gasteiger partial charge in [0.15, 0.2) is 0 Å². The third-order valence-electron chi connectivity index (χ3n) is 3.29. The Balaban J connectivity index is 2.29. The fraction of sp³-hybridized carbons (Fsp3) is 0.500. The first-order chi connectivity index (χ1) is 8.82. The largest absolute Gasteiger partial charge is 0.243 e. The van der Waals surface area contributed by atoms with E-state index < -0.39 is 10.0 Å². The minimum absolute atomic E-state index is 0.0448. The molecule has 7 heteroatoms. The molecule has 1 saturated heterocycles. The van der Waals surface area contributed by atoms with E-state index in [-0.39, 0.29) is 16.2 Å². The summed E-state index contributed by atoms with van der Waals surface area (Å²) in [5.41, 5.74) is 0. The van der Waals surface area contributed by atoms with Gasteiger partial charge in [-0.1, -0.05) is 18.5 Å². The van der Waals surface area contributed by atoms with E-state index in [4.69, 9.17) is 23.2 Å². The summed E-state index contributed by atoms with van der Waals surface area (Å²) in [5.74, 6) is 0.154. The lowest BCUT2D eigenvalue weighted by Crippen LogP contribution is -2.43. The molecule has 3 nitrogen and oxygen atoms in total. The van der Waals surface area contributed by atoms with Crippen molar-refractivity contribution in [1.29, 1.82) is 0 Å². The third-order valence-corrected chi connectivity index (χ3v) is 7.02. The summed E-state index contributed by atoms with van der Waals surface area (Å²) in [4.78, 5) is 0.254. The zero-order valence-corrected chi connectivity index (χ0v) is 14.2. The third kappa shape index (κ3) is 3.27. The summed E-state index contributed by atoms with van der Waals surface area (Å²) in [6.45, 7) is 2.88. The van der Waals surface area contributed by atoms with E-state index in [2.05, 4.69) is 15.9 Å². The number of alkyl halides is 1. The second-order valence-electron chi connectivity index (χ2n) is 4.72. The fourth-order valence-corrected chi connectivity index (χ4v) is 4.49. The Morgan fingerprint density at radius 1 is 1.42 bits per heavy atom. The Labute approximate surface area is 132 Å². The maximum atomic E-state index is 12.5. The highest BCUT2D eigenvalue weighted by Crippen LogP contribution is 2.30. The van der Waals surface area contributed by atoms with E-state index in [1.807, 2.05) is 6.92 Å². The van der Waals surface area contributed by atoms with Crippen molar-refractivity contribution >= 4 is 49.2 Å². The van der Waals surface area contributed by atoms with E-state index in [1.165, 1.54) is 16.4 Å². The van der Waals surface area contributed by atoms with Crippen molar-refractivity contribution in [1.82, 2.24) is 4.31 Å². The molecule has 2 rings (SSSR count). The van der Waals surface area contributed by atoms with Crippen LogP contribution < -0.4 is 0 Å². The molecule has 1 aliphatic heterocycles. The molecule has 1 heterocycles. The monoisotopic (exact) mass is 385 g/mol. The number of nitrogens with zero attached hydrogens (tertiary/aromatic N) is 1. The fourth-order valence-electron chi connectivity index (χ4n) is 2.08. The van der Waals surface area contributed by atoms with Crippen LogP contribution in [-0.4, -0.2) is 31.2 Å². The first-order valence-electron chi connectivity index (χ1n) is 5.91. The summed E-state index contributed by atoms with van der Waals surface area (Å²) in [6.07, 6.45) is 0.677. The summed E-state index contributed by atoms with van der Waals surface area (Å²) >= 11 is 15.3. The van der Waals surface area contributed by atoms with Crippen molar-refractivity contribution in [2.24, 2.45) is 5.92 Å². The van der Waals surface area contributed by atoms with Gasteiger partial charge in [0.2, 0.25) is 10.0 Å². The molecule has 0 N–H and O–H groups in total. The Bertz CT molecular complexity index is 579. The second kappa shape index (κ2) is 5.90. The molecule has 2 unspecified atom stereocenters. The maximum absolute atomic E-state index is 12.5. The molecule has 1 aromatic carbocycles. The van der Waals surface area contributed by atoms with Crippen LogP contribution in [0.2, 0.25) is 5.02 Å². The molecule has 1 aliphatic rings. The minimum Gasteiger partial charge on any atom is -0.207 e. The Morgan fingerprint density at radius 3 is 2.68 bits per heavy atom. The summed E-state index contributed by atoms with van der Waals surface area (Å²) in [7, 11) is -3.47. The highest BCUT2D eigenvalue weighted by atomic mass is 79.9. The van der Waals surface area contributed by atoms with Gasteiger partial charge in [-0.2, -0.15) is 4.31 Å². The van der Waals surface area contributed by atoms with E-state index in [0.717, 1.165) is 0 Å². The second-order valence-corrected chi connectivity index (χ2v) is 8.48. The summed E-state index contributed by atoms with van der Waals surface area (Å²) < 4.78 is 27.1. The number of hydrogen-bond acceptors (Lipinski definition) is 2. The van der Waals surface area contributed by atoms with Crippen LogP contribution >= 0.6 is 39.1 Å². The van der Waals surface area contributed by atoms with Gasteiger partial charge in [-0.3, -0.25) is 0 Å². The normalized spacial score (nSPS) is 25.5. The quantitative estimate of drug-likeness (QED) is 0.726. The lowest BCUT2D eigenvalue weighted by atomic mass is 10.0. The standard InChI is InChI=1S/C12H14BrCl2NO2S/c1-8-7-16(5-4-11(8)14)19(17,18)9-2-3-12(15)10(13)6-9/h2-3,6,8,11H,4-5,7H2,1H3. The van der Waals surface area contributed by atoms with E-state index in [9.17, 15) is 8.42 Å². The SMILES string of the molecule is CC1CN(S(=O)(=O)c2ccc(Cl)c(Br)c2)CCC1Cl. The van der Waals surface area contributed by atoms with Crippen LogP contribution in [0.1, 0.15) is 13.3 Å². The van der Waals surface area contributed by atoms with Crippen molar-refractivity contribution < 1.29 is 8.42 Å². The van der Waals surface area contributed by atoms with Gasteiger partial charge in [-0.25, -0.2) is 8.42 Å². The molecule has 0 radical (unpaired) electrons. The average Bonchev–Trinajstić information content (AvgIpc) is 2.35. The molecular weight excluding hydrogens is 373 g/mol. The molecule has 0 aliphatic carbocycles. The Morgan fingerprint density at radius 2 is 2.11 bits per heavy atom. The molecule has 1 fully saturated rings. The van der Waals surface area contributed by atoms with E-state index >= 15 is 0 Å². The van der Waals surface area contributed by atoms with Gasteiger partial charge in [0.1, 0.15) is 0 Å². The maximum Gasteiger partial charge on any atom is 0.243 e. The van der Waals surface area contributed by atoms with Crippen molar-refractivity contribution in [3.8, 4) is 0 Å². The molecular formula is C12H14BrCl2NO2S. The molecule has 1 aromatic rings. The van der Waals surface area contributed by atoms with Crippen molar-refractivity contribution in [3.05, 3.63) is 27.7 Å².